The first-order valence-corrected chi connectivity index (χ1v) is 7.12. The fourth-order valence-electron chi connectivity index (χ4n) is 1.80. The zero-order valence-electron chi connectivity index (χ0n) is 10.3. The highest BCUT2D eigenvalue weighted by atomic mass is 32.2. The number of hydrogen-bond donors (Lipinski definition) is 5. The maximum absolute atomic E-state index is 11.7. The Hall–Kier alpha value is -1.72. The zero-order valence-corrected chi connectivity index (χ0v) is 11.1. The number of rotatable bonds is 6. The fraction of sp³-hybridized carbons (Fsp3) is 0.667. The number of primary amides is 1. The molecule has 1 rings (SSSR count). The summed E-state index contributed by atoms with van der Waals surface area (Å²) >= 11 is 0. The second-order valence-electron chi connectivity index (χ2n) is 4.40. The molecule has 0 radical (unpaired) electrons. The van der Waals surface area contributed by atoms with Gasteiger partial charge in [0.05, 0.1) is 12.5 Å². The molecule has 11 heteroatoms. The van der Waals surface area contributed by atoms with Crippen LogP contribution in [0.5, 0.6) is 0 Å². The van der Waals surface area contributed by atoms with Gasteiger partial charge < -0.3 is 21.5 Å². The first kappa shape index (κ1) is 16.3. The van der Waals surface area contributed by atoms with E-state index < -0.39 is 51.7 Å². The van der Waals surface area contributed by atoms with E-state index >= 15 is 0 Å². The molecule has 0 saturated carbocycles. The molecule has 1 aliphatic rings. The van der Waals surface area contributed by atoms with Crippen molar-refractivity contribution >= 4 is 27.9 Å². The number of hydrogen-bond acceptors (Lipinski definition) is 6. The van der Waals surface area contributed by atoms with Crippen LogP contribution < -0.4 is 16.4 Å². The van der Waals surface area contributed by atoms with Gasteiger partial charge in [-0.3, -0.25) is 14.1 Å². The fourth-order valence-corrected chi connectivity index (χ4v) is 2.55. The minimum Gasteiger partial charge on any atom is -0.480 e. The van der Waals surface area contributed by atoms with Crippen molar-refractivity contribution in [3.8, 4) is 0 Å². The van der Waals surface area contributed by atoms with Crippen LogP contribution in [0.15, 0.2) is 0 Å². The molecule has 0 aromatic rings. The van der Waals surface area contributed by atoms with Crippen LogP contribution in [0.3, 0.4) is 0 Å². The predicted molar refractivity (Wildman–Crippen MR) is 65.1 cm³/mol. The van der Waals surface area contributed by atoms with Gasteiger partial charge in [-0.1, -0.05) is 0 Å². The van der Waals surface area contributed by atoms with Crippen molar-refractivity contribution in [2.75, 3.05) is 6.54 Å². The number of amides is 2. The summed E-state index contributed by atoms with van der Waals surface area (Å²) in [5.74, 6) is -3.10. The number of nitrogens with one attached hydrogen (secondary N) is 2. The number of carboxylic acids is 1. The molecule has 0 spiro atoms. The van der Waals surface area contributed by atoms with Crippen molar-refractivity contribution < 1.29 is 32.5 Å². The Balaban J connectivity index is 2.63. The number of carboxylic acid groups (broad SMARTS) is 1. The number of nitrogens with two attached hydrogens (primary N) is 1. The molecule has 1 saturated heterocycles. The number of aliphatic carboxylic acids is 1. The van der Waals surface area contributed by atoms with E-state index in [1.54, 1.807) is 0 Å². The molecule has 2 amide bonds. The van der Waals surface area contributed by atoms with E-state index in [9.17, 15) is 22.8 Å². The van der Waals surface area contributed by atoms with Crippen LogP contribution in [0.25, 0.3) is 0 Å². The van der Waals surface area contributed by atoms with Crippen LogP contribution in [0.2, 0.25) is 0 Å². The maximum atomic E-state index is 11.7. The van der Waals surface area contributed by atoms with Gasteiger partial charge in [0.2, 0.25) is 11.8 Å². The van der Waals surface area contributed by atoms with Gasteiger partial charge in [-0.2, -0.15) is 8.42 Å². The van der Waals surface area contributed by atoms with Crippen LogP contribution in [0, 0.1) is 0 Å². The Morgan fingerprint density at radius 3 is 2.40 bits per heavy atom. The maximum Gasteiger partial charge on any atom is 0.326 e. The summed E-state index contributed by atoms with van der Waals surface area (Å²) in [7, 11) is -4.27. The summed E-state index contributed by atoms with van der Waals surface area (Å²) in [4.78, 5) is 33.3. The van der Waals surface area contributed by atoms with Crippen molar-refractivity contribution in [2.45, 2.75) is 30.2 Å². The summed E-state index contributed by atoms with van der Waals surface area (Å²) in [5, 5.41) is 12.3. The Morgan fingerprint density at radius 2 is 2.00 bits per heavy atom. The zero-order chi connectivity index (χ0) is 15.5. The largest absolute Gasteiger partial charge is 0.480 e. The molecule has 114 valence electrons. The van der Waals surface area contributed by atoms with E-state index in [1.807, 2.05) is 0 Å². The molecule has 0 unspecified atom stereocenters. The third-order valence-electron chi connectivity index (χ3n) is 2.85. The highest BCUT2D eigenvalue weighted by molar-refractivity contribution is 7.86. The third kappa shape index (κ3) is 4.43. The molecular formula is C9H15N3O7S. The lowest BCUT2D eigenvalue weighted by Gasteiger charge is -2.16. The van der Waals surface area contributed by atoms with E-state index in [0.29, 0.717) is 0 Å². The molecule has 0 aromatic heterocycles. The van der Waals surface area contributed by atoms with Crippen molar-refractivity contribution in [3.63, 3.8) is 0 Å². The quantitative estimate of drug-likeness (QED) is 0.323. The molecule has 0 aliphatic carbocycles. The second-order valence-corrected chi connectivity index (χ2v) is 6.10. The predicted octanol–water partition coefficient (Wildman–Crippen LogP) is -2.95. The Labute approximate surface area is 114 Å². The van der Waals surface area contributed by atoms with E-state index in [4.69, 9.17) is 15.4 Å². The Bertz CT molecular complexity index is 518. The Morgan fingerprint density at radius 1 is 1.40 bits per heavy atom. The first-order valence-electron chi connectivity index (χ1n) is 5.62. The smallest absolute Gasteiger partial charge is 0.326 e. The molecular weight excluding hydrogens is 294 g/mol. The lowest BCUT2D eigenvalue weighted by atomic mass is 10.1. The summed E-state index contributed by atoms with van der Waals surface area (Å²) in [6, 6.07) is -2.44. The lowest BCUT2D eigenvalue weighted by molar-refractivity contribution is -0.143. The average Bonchev–Trinajstić information content (AvgIpc) is 2.75. The van der Waals surface area contributed by atoms with E-state index in [0.717, 1.165) is 0 Å². The van der Waals surface area contributed by atoms with Crippen molar-refractivity contribution in [3.05, 3.63) is 0 Å². The van der Waals surface area contributed by atoms with Crippen LogP contribution in [0.1, 0.15) is 12.8 Å². The van der Waals surface area contributed by atoms with Gasteiger partial charge in [0.15, 0.2) is 0 Å². The summed E-state index contributed by atoms with van der Waals surface area (Å²) < 4.78 is 30.7. The monoisotopic (exact) mass is 309 g/mol. The standard InChI is InChI=1S/C9H15N3O7S/c10-7(13)2-6(9(15)16)12-8(14)5-1-4(3-11-5)20(17,18)19/h4-6,11H,1-3H2,(H2,10,13)(H,12,14)(H,15,16)(H,17,18,19)/t4-,5-,6-/m0/s1. The molecule has 6 N–H and O–H groups in total. The van der Waals surface area contributed by atoms with Crippen LogP contribution >= 0.6 is 0 Å². The van der Waals surface area contributed by atoms with Crippen molar-refractivity contribution in [1.29, 1.82) is 0 Å². The summed E-state index contributed by atoms with van der Waals surface area (Å²) in [6.07, 6.45) is -0.761. The second kappa shape index (κ2) is 6.15. The molecule has 20 heavy (non-hydrogen) atoms. The highest BCUT2D eigenvalue weighted by Gasteiger charge is 2.37. The van der Waals surface area contributed by atoms with Crippen LogP contribution in [-0.2, 0) is 24.5 Å². The van der Waals surface area contributed by atoms with Crippen molar-refractivity contribution in [2.24, 2.45) is 5.73 Å². The van der Waals surface area contributed by atoms with Crippen LogP contribution in [-0.4, -0.2) is 59.7 Å². The normalized spacial score (nSPS) is 24.1. The summed E-state index contributed by atoms with van der Waals surface area (Å²) in [5.41, 5.74) is 4.86. The average molecular weight is 309 g/mol. The van der Waals surface area contributed by atoms with Gasteiger partial charge in [-0.15, -0.1) is 0 Å². The topological polar surface area (TPSA) is 176 Å². The first-order chi connectivity index (χ1) is 9.11. The molecule has 0 aromatic carbocycles. The van der Waals surface area contributed by atoms with E-state index in [1.165, 1.54) is 0 Å². The van der Waals surface area contributed by atoms with Gasteiger partial charge in [0, 0.05) is 6.54 Å². The minimum atomic E-state index is -4.27. The molecule has 10 nitrogen and oxygen atoms in total. The molecule has 1 heterocycles. The number of carbonyl (C=O) groups excluding carboxylic acids is 2. The Kier molecular flexibility index (Phi) is 5.03. The van der Waals surface area contributed by atoms with Gasteiger partial charge in [-0.25, -0.2) is 4.79 Å². The van der Waals surface area contributed by atoms with Gasteiger partial charge in [0.1, 0.15) is 11.3 Å². The third-order valence-corrected chi connectivity index (χ3v) is 4.05. The van der Waals surface area contributed by atoms with Crippen molar-refractivity contribution in [1.82, 2.24) is 10.6 Å². The SMILES string of the molecule is NC(=O)C[C@H](NC(=O)[C@@H]1C[C@H](S(=O)(=O)O)CN1)C(=O)O. The molecule has 1 aliphatic heterocycles. The number of carbonyl (C=O) groups is 3. The molecule has 0 bridgehead atoms. The van der Waals surface area contributed by atoms with Gasteiger partial charge in [0.25, 0.3) is 10.1 Å². The highest BCUT2D eigenvalue weighted by Crippen LogP contribution is 2.14. The van der Waals surface area contributed by atoms with Crippen LogP contribution in [0.4, 0.5) is 0 Å². The van der Waals surface area contributed by atoms with E-state index in [2.05, 4.69) is 10.6 Å². The molecule has 3 atom stereocenters. The summed E-state index contributed by atoms with van der Waals surface area (Å²) in [6.45, 7) is -0.121. The van der Waals surface area contributed by atoms with E-state index in [-0.39, 0.29) is 13.0 Å². The lowest BCUT2D eigenvalue weighted by Crippen LogP contribution is -2.49. The minimum absolute atomic E-state index is 0.121. The molecule has 1 fully saturated rings. The van der Waals surface area contributed by atoms with Gasteiger partial charge in [-0.05, 0) is 6.42 Å². The van der Waals surface area contributed by atoms with Gasteiger partial charge >= 0.3 is 5.97 Å².